The van der Waals surface area contributed by atoms with Crippen LogP contribution in [0.25, 0.3) is 0 Å². The lowest BCUT2D eigenvalue weighted by molar-refractivity contribution is -0.138. The Morgan fingerprint density at radius 2 is 1.82 bits per heavy atom. The molecule has 1 saturated carbocycles. The van der Waals surface area contributed by atoms with E-state index in [1.54, 1.807) is 0 Å². The van der Waals surface area contributed by atoms with Crippen LogP contribution in [0.3, 0.4) is 0 Å². The lowest BCUT2D eigenvalue weighted by Crippen LogP contribution is -2.33. The van der Waals surface area contributed by atoms with Gasteiger partial charge in [0.25, 0.3) is 5.59 Å². The summed E-state index contributed by atoms with van der Waals surface area (Å²) in [4.78, 5) is 22.9. The molecule has 0 bridgehead atoms. The zero-order valence-electron chi connectivity index (χ0n) is 10.9. The summed E-state index contributed by atoms with van der Waals surface area (Å²) < 4.78 is 5.35. The van der Waals surface area contributed by atoms with Gasteiger partial charge in [0.15, 0.2) is 9.52 Å². The molecule has 0 radical (unpaired) electrons. The zero-order valence-corrected chi connectivity index (χ0v) is 12.3. The van der Waals surface area contributed by atoms with Crippen LogP contribution in [0.15, 0.2) is 0 Å². The average molecular weight is 258 g/mol. The first-order valence-electron chi connectivity index (χ1n) is 6.23. The Labute approximate surface area is 105 Å². The average Bonchev–Trinajstić information content (AvgIpc) is 2.64. The fourth-order valence-corrected chi connectivity index (χ4v) is 3.62. The van der Waals surface area contributed by atoms with Gasteiger partial charge in [0.1, 0.15) is 6.10 Å². The summed E-state index contributed by atoms with van der Waals surface area (Å²) in [5.74, 6) is -0.868. The number of rotatable bonds is 4. The van der Waals surface area contributed by atoms with Gasteiger partial charge in [-0.3, -0.25) is 9.59 Å². The third-order valence-electron chi connectivity index (χ3n) is 3.31. The van der Waals surface area contributed by atoms with Gasteiger partial charge < -0.3 is 9.84 Å². The second kappa shape index (κ2) is 5.66. The molecule has 1 rings (SSSR count). The second-order valence-corrected chi connectivity index (χ2v) is 7.66. The van der Waals surface area contributed by atoms with Crippen LogP contribution >= 0.6 is 0 Å². The van der Waals surface area contributed by atoms with Gasteiger partial charge in [-0.2, -0.15) is 0 Å². The fraction of sp³-hybridized carbons (Fsp3) is 0.833. The Hall–Kier alpha value is -0.843. The fourth-order valence-electron chi connectivity index (χ4n) is 2.17. The highest BCUT2D eigenvalue weighted by atomic mass is 28.2. The van der Waals surface area contributed by atoms with Crippen molar-refractivity contribution < 1.29 is 19.4 Å². The molecule has 0 aromatic carbocycles. The molecular weight excluding hydrogens is 236 g/mol. The standard InChI is InChI=1S/C12H22O4Si/c1-12(2,3)9(10(13)14)17-11(15)16-8-6-4-5-7-8/h8-9H,4-7,17H2,1-3H3,(H,13,14)/t9-/m1/s1. The van der Waals surface area contributed by atoms with Crippen molar-refractivity contribution in [2.24, 2.45) is 5.41 Å². The maximum Gasteiger partial charge on any atom is 0.304 e. The number of carboxylic acid groups (broad SMARTS) is 1. The Bertz CT molecular complexity index is 289. The molecule has 1 aliphatic rings. The quantitative estimate of drug-likeness (QED) is 0.785. The maximum absolute atomic E-state index is 11.7. The van der Waals surface area contributed by atoms with E-state index in [-0.39, 0.29) is 17.1 Å². The molecule has 0 saturated heterocycles. The topological polar surface area (TPSA) is 63.6 Å². The Kier molecular flexibility index (Phi) is 4.74. The second-order valence-electron chi connectivity index (χ2n) is 5.86. The van der Waals surface area contributed by atoms with Gasteiger partial charge in [-0.1, -0.05) is 20.8 Å². The SMILES string of the molecule is CC(C)(C)[C@H]([SiH2]C(=O)OC1CCCC1)C(=O)O. The molecule has 0 aromatic heterocycles. The van der Waals surface area contributed by atoms with Gasteiger partial charge in [-0.25, -0.2) is 0 Å². The molecule has 0 heterocycles. The number of hydrogen-bond acceptors (Lipinski definition) is 3. The summed E-state index contributed by atoms with van der Waals surface area (Å²) in [6.07, 6.45) is 4.15. The van der Waals surface area contributed by atoms with Crippen LogP contribution in [-0.4, -0.2) is 32.3 Å². The lowest BCUT2D eigenvalue weighted by atomic mass is 9.92. The van der Waals surface area contributed by atoms with Crippen molar-refractivity contribution in [2.45, 2.75) is 58.1 Å². The molecule has 0 aliphatic heterocycles. The number of hydrogen-bond donors (Lipinski definition) is 1. The van der Waals surface area contributed by atoms with E-state index in [0.29, 0.717) is 0 Å². The number of ether oxygens (including phenoxy) is 1. The molecule has 4 nitrogen and oxygen atoms in total. The van der Waals surface area contributed by atoms with Gasteiger partial charge in [-0.05, 0) is 31.1 Å². The van der Waals surface area contributed by atoms with Crippen LogP contribution in [0.4, 0.5) is 4.79 Å². The van der Waals surface area contributed by atoms with E-state index in [2.05, 4.69) is 0 Å². The lowest BCUT2D eigenvalue weighted by Gasteiger charge is -2.26. The van der Waals surface area contributed by atoms with E-state index >= 15 is 0 Å². The number of aliphatic carboxylic acids is 1. The normalized spacial score (nSPS) is 19.7. The van der Waals surface area contributed by atoms with Gasteiger partial charge in [0, 0.05) is 0 Å². The Balaban J connectivity index is 2.49. The smallest absolute Gasteiger partial charge is 0.304 e. The summed E-state index contributed by atoms with van der Waals surface area (Å²) in [5.41, 5.74) is -1.15. The van der Waals surface area contributed by atoms with Crippen LogP contribution < -0.4 is 0 Å². The summed E-state index contributed by atoms with van der Waals surface area (Å²) in [6.45, 7) is 5.59. The van der Waals surface area contributed by atoms with E-state index in [0.717, 1.165) is 25.7 Å². The van der Waals surface area contributed by atoms with Crippen molar-refractivity contribution in [3.63, 3.8) is 0 Å². The molecule has 5 heteroatoms. The van der Waals surface area contributed by atoms with Crippen molar-refractivity contribution in [3.8, 4) is 0 Å². The van der Waals surface area contributed by atoms with Crippen molar-refractivity contribution >= 4 is 21.1 Å². The van der Waals surface area contributed by atoms with Gasteiger partial charge in [0.05, 0.1) is 5.54 Å². The predicted molar refractivity (Wildman–Crippen MR) is 68.1 cm³/mol. The number of carbonyl (C=O) groups is 2. The molecule has 0 spiro atoms. The highest BCUT2D eigenvalue weighted by Crippen LogP contribution is 2.31. The van der Waals surface area contributed by atoms with E-state index in [1.165, 1.54) is 0 Å². The van der Waals surface area contributed by atoms with Crippen LogP contribution in [0, 0.1) is 5.41 Å². The molecule has 98 valence electrons. The van der Waals surface area contributed by atoms with Crippen LogP contribution in [-0.2, 0) is 9.53 Å². The van der Waals surface area contributed by atoms with Crippen molar-refractivity contribution in [2.75, 3.05) is 0 Å². The van der Waals surface area contributed by atoms with Gasteiger partial charge in [-0.15, -0.1) is 0 Å². The Morgan fingerprint density at radius 1 is 1.29 bits per heavy atom. The van der Waals surface area contributed by atoms with Gasteiger partial charge in [0.2, 0.25) is 0 Å². The first-order valence-corrected chi connectivity index (χ1v) is 7.75. The highest BCUT2D eigenvalue weighted by Gasteiger charge is 2.35. The molecule has 1 N–H and O–H groups in total. The monoisotopic (exact) mass is 258 g/mol. The minimum Gasteiger partial charge on any atom is -0.481 e. The van der Waals surface area contributed by atoms with Crippen LogP contribution in [0.2, 0.25) is 5.54 Å². The van der Waals surface area contributed by atoms with Crippen LogP contribution in [0.5, 0.6) is 0 Å². The molecular formula is C12H22O4Si. The van der Waals surface area contributed by atoms with Crippen molar-refractivity contribution in [1.29, 1.82) is 0 Å². The number of carboxylic acids is 1. The molecule has 0 unspecified atom stereocenters. The zero-order chi connectivity index (χ0) is 13.1. The maximum atomic E-state index is 11.7. The van der Waals surface area contributed by atoms with E-state index < -0.39 is 21.0 Å². The first-order chi connectivity index (χ1) is 7.80. The minimum absolute atomic E-state index is 0.0458. The van der Waals surface area contributed by atoms with E-state index in [9.17, 15) is 9.59 Å². The first kappa shape index (κ1) is 14.2. The van der Waals surface area contributed by atoms with E-state index in [4.69, 9.17) is 9.84 Å². The molecule has 1 aliphatic carbocycles. The molecule has 1 fully saturated rings. The van der Waals surface area contributed by atoms with E-state index in [1.807, 2.05) is 20.8 Å². The summed E-state index contributed by atoms with van der Waals surface area (Å²) in [6, 6.07) is 0. The molecule has 1 atom stereocenters. The van der Waals surface area contributed by atoms with Crippen molar-refractivity contribution in [1.82, 2.24) is 0 Å². The number of carbonyl (C=O) groups excluding carboxylic acids is 1. The van der Waals surface area contributed by atoms with Crippen LogP contribution in [0.1, 0.15) is 46.5 Å². The van der Waals surface area contributed by atoms with Gasteiger partial charge >= 0.3 is 5.97 Å². The predicted octanol–water partition coefficient (Wildman–Crippen LogP) is 2.15. The summed E-state index contributed by atoms with van der Waals surface area (Å²) >= 11 is 0. The highest BCUT2D eigenvalue weighted by molar-refractivity contribution is 6.75. The molecule has 17 heavy (non-hydrogen) atoms. The third-order valence-corrected chi connectivity index (χ3v) is 5.80. The minimum atomic E-state index is -1.40. The Morgan fingerprint density at radius 3 is 2.24 bits per heavy atom. The summed E-state index contributed by atoms with van der Waals surface area (Å²) in [5, 5.41) is 9.15. The molecule has 0 amide bonds. The largest absolute Gasteiger partial charge is 0.481 e. The summed E-state index contributed by atoms with van der Waals surface area (Å²) in [7, 11) is -1.40. The van der Waals surface area contributed by atoms with Crippen molar-refractivity contribution in [3.05, 3.63) is 0 Å². The molecule has 0 aromatic rings. The third kappa shape index (κ3) is 4.50.